The van der Waals surface area contributed by atoms with E-state index >= 15 is 0 Å². The zero-order valence-electron chi connectivity index (χ0n) is 30.6. The number of aromatic amines is 3. The van der Waals surface area contributed by atoms with Gasteiger partial charge in [0, 0.05) is 74.1 Å². The van der Waals surface area contributed by atoms with Gasteiger partial charge in [0.1, 0.15) is 5.92 Å². The van der Waals surface area contributed by atoms with E-state index in [1.54, 1.807) is 0 Å². The number of ether oxygens (including phenoxy) is 2. The second-order valence-corrected chi connectivity index (χ2v) is 14.1. The molecule has 3 aromatic rings. The summed E-state index contributed by atoms with van der Waals surface area (Å²) in [7, 11) is 1.31. The van der Waals surface area contributed by atoms with E-state index in [2.05, 4.69) is 86.6 Å². The number of methoxy groups -OCH3 is 1. The Kier molecular flexibility index (Phi) is 9.71. The number of carbonyl (C=O) groups excluding carboxylic acids is 3. The lowest BCUT2D eigenvalue weighted by Crippen LogP contribution is -2.25. The summed E-state index contributed by atoms with van der Waals surface area (Å²) in [6.45, 7) is 19.2. The molecule has 264 valence electrons. The molecule has 1 saturated heterocycles. The third-order valence-corrected chi connectivity index (χ3v) is 11.3. The lowest BCUT2D eigenvalue weighted by Gasteiger charge is -2.19. The van der Waals surface area contributed by atoms with Gasteiger partial charge in [-0.15, -0.1) is 0 Å². The van der Waals surface area contributed by atoms with Gasteiger partial charge in [-0.3, -0.25) is 14.4 Å². The Hall–Kier alpha value is -4.79. The summed E-state index contributed by atoms with van der Waals surface area (Å²) < 4.78 is 10.9. The van der Waals surface area contributed by atoms with E-state index in [0.29, 0.717) is 35.8 Å². The molecule has 3 aromatic heterocycles. The Bertz CT molecular complexity index is 2080. The van der Waals surface area contributed by atoms with Crippen molar-refractivity contribution in [3.8, 4) is 0 Å². The molecule has 8 bridgehead atoms. The summed E-state index contributed by atoms with van der Waals surface area (Å²) in [6, 6.07) is 0. The molecule has 0 saturated carbocycles. The number of rotatable bonds is 10. The molecule has 0 spiro atoms. The normalized spacial score (nSPS) is 23.6. The number of Topliss-reactive ketones (excluding diaryl/α,β-unsaturated/α-hetero) is 1. The number of nitrogens with one attached hydrogen (secondary N) is 4. The SMILES string of the molecule is C=Cc1c2[nH]c(c1C)/C=C1\N/C(=C3\c4[nH]c(c(C)c4C(=O)[C@@H]3C(=O)OC)/C=c3\[nH]/c(c(C)c3CC)=C\2)[C@@H](CCC(=O)OCC[C@H](C)CC)[C@@H]1C. The van der Waals surface area contributed by atoms with Crippen LogP contribution in [0.4, 0.5) is 0 Å². The largest absolute Gasteiger partial charge is 0.468 e. The van der Waals surface area contributed by atoms with Gasteiger partial charge in [-0.25, -0.2) is 0 Å². The van der Waals surface area contributed by atoms with E-state index in [0.717, 1.165) is 80.7 Å². The minimum absolute atomic E-state index is 0.0668. The first kappa shape index (κ1) is 35.1. The average Bonchev–Trinajstić information content (AvgIpc) is 3.84. The third-order valence-electron chi connectivity index (χ3n) is 11.3. The van der Waals surface area contributed by atoms with Crippen LogP contribution >= 0.6 is 0 Å². The van der Waals surface area contributed by atoms with Gasteiger partial charge in [0.2, 0.25) is 0 Å². The van der Waals surface area contributed by atoms with Crippen LogP contribution in [0.5, 0.6) is 0 Å². The van der Waals surface area contributed by atoms with E-state index < -0.39 is 11.9 Å². The Morgan fingerprint density at radius 2 is 1.70 bits per heavy atom. The van der Waals surface area contributed by atoms with E-state index in [1.807, 2.05) is 13.0 Å². The van der Waals surface area contributed by atoms with Gasteiger partial charge >= 0.3 is 11.9 Å². The summed E-state index contributed by atoms with van der Waals surface area (Å²) >= 11 is 0. The summed E-state index contributed by atoms with van der Waals surface area (Å²) in [6.07, 6.45) is 11.6. The Balaban J connectivity index is 1.58. The Labute approximate surface area is 294 Å². The molecular formula is C41H50N4O5. The van der Waals surface area contributed by atoms with E-state index in [-0.39, 0.29) is 30.0 Å². The highest BCUT2D eigenvalue weighted by Gasteiger charge is 2.48. The molecule has 9 heteroatoms. The highest BCUT2D eigenvalue weighted by atomic mass is 16.5. The predicted molar refractivity (Wildman–Crippen MR) is 197 cm³/mol. The van der Waals surface area contributed by atoms with Crippen molar-refractivity contribution in [2.24, 2.45) is 23.7 Å². The number of H-pyrrole nitrogens is 3. The van der Waals surface area contributed by atoms with Crippen molar-refractivity contribution < 1.29 is 23.9 Å². The summed E-state index contributed by atoms with van der Waals surface area (Å²) in [5, 5.41) is 5.63. The van der Waals surface area contributed by atoms with Crippen molar-refractivity contribution in [2.75, 3.05) is 13.7 Å². The number of carbonyl (C=O) groups is 3. The van der Waals surface area contributed by atoms with Crippen molar-refractivity contribution in [1.29, 1.82) is 0 Å². The molecule has 0 radical (unpaired) electrons. The quantitative estimate of drug-likeness (QED) is 0.151. The van der Waals surface area contributed by atoms with Crippen LogP contribution in [0.2, 0.25) is 0 Å². The number of hydrogen-bond donors (Lipinski definition) is 4. The smallest absolute Gasteiger partial charge is 0.321 e. The molecule has 6 rings (SSSR count). The Morgan fingerprint density at radius 1 is 0.980 bits per heavy atom. The highest BCUT2D eigenvalue weighted by molar-refractivity contribution is 6.24. The number of ketones is 1. The molecule has 1 aliphatic carbocycles. The van der Waals surface area contributed by atoms with E-state index in [9.17, 15) is 14.4 Å². The molecule has 0 aromatic carbocycles. The maximum Gasteiger partial charge on any atom is 0.321 e. The van der Waals surface area contributed by atoms with Gasteiger partial charge in [0.05, 0.1) is 19.4 Å². The average molecular weight is 679 g/mol. The summed E-state index contributed by atoms with van der Waals surface area (Å²) in [4.78, 5) is 51.5. The topological polar surface area (TPSA) is 129 Å². The van der Waals surface area contributed by atoms with Crippen LogP contribution in [-0.2, 0) is 25.5 Å². The molecule has 4 atom stereocenters. The fraction of sp³-hybridized carbons (Fsp3) is 0.439. The molecule has 9 nitrogen and oxygen atoms in total. The summed E-state index contributed by atoms with van der Waals surface area (Å²) in [5.41, 5.74) is 11.3. The standard InChI is InChI=1S/C41H50N4O5/c1-10-20(4)15-16-50-34(46)14-13-27-23(7)30-17-28-21(5)25(11-2)32(42-28)18-29-22(6)26(12-3)33(43-29)19-31-24(8)35-39(45-31)36(38(27)44-30)37(40(35)47)41(48)49-9/h11,17-20,23,27,37,42-45H,2,10,12-16H2,1,3-9H3/b29-18-,30-17-,33-19-,38-36-/t20-,23+,27+,37-/m1/s1. The van der Waals surface area contributed by atoms with Crippen molar-refractivity contribution in [3.05, 3.63) is 84.8 Å². The lowest BCUT2D eigenvalue weighted by molar-refractivity contribution is -0.144. The molecule has 3 aliphatic rings. The summed E-state index contributed by atoms with van der Waals surface area (Å²) in [5.74, 6) is -2.04. The molecule has 50 heavy (non-hydrogen) atoms. The maximum atomic E-state index is 14.2. The van der Waals surface area contributed by atoms with E-state index in [1.165, 1.54) is 12.7 Å². The first-order chi connectivity index (χ1) is 23.9. The minimum Gasteiger partial charge on any atom is -0.468 e. The highest BCUT2D eigenvalue weighted by Crippen LogP contribution is 2.48. The lowest BCUT2D eigenvalue weighted by atomic mass is 9.85. The van der Waals surface area contributed by atoms with Gasteiger partial charge in [-0.1, -0.05) is 46.8 Å². The fourth-order valence-corrected chi connectivity index (χ4v) is 7.92. The van der Waals surface area contributed by atoms with Gasteiger partial charge < -0.3 is 29.7 Å². The van der Waals surface area contributed by atoms with Crippen LogP contribution in [0.15, 0.2) is 18.0 Å². The number of hydrogen-bond acceptors (Lipinski definition) is 6. The first-order valence-corrected chi connectivity index (χ1v) is 17.9. The van der Waals surface area contributed by atoms with E-state index in [4.69, 9.17) is 9.47 Å². The van der Waals surface area contributed by atoms with Crippen LogP contribution < -0.4 is 16.0 Å². The minimum atomic E-state index is -1.13. The predicted octanol–water partition coefficient (Wildman–Crippen LogP) is 6.13. The third kappa shape index (κ3) is 5.90. The van der Waals surface area contributed by atoms with Crippen LogP contribution in [0.3, 0.4) is 0 Å². The molecule has 2 aliphatic heterocycles. The molecular weight excluding hydrogens is 628 g/mol. The van der Waals surface area contributed by atoms with Crippen molar-refractivity contribution in [3.63, 3.8) is 0 Å². The van der Waals surface area contributed by atoms with Crippen molar-refractivity contribution in [2.45, 2.75) is 80.6 Å². The number of fused-ring (bicyclic) bond motifs is 7. The van der Waals surface area contributed by atoms with Gasteiger partial charge in [0.15, 0.2) is 5.78 Å². The molecule has 0 amide bonds. The molecule has 1 fully saturated rings. The van der Waals surface area contributed by atoms with Gasteiger partial charge in [0.25, 0.3) is 0 Å². The van der Waals surface area contributed by atoms with Crippen LogP contribution in [0, 0.1) is 44.4 Å². The van der Waals surface area contributed by atoms with Gasteiger partial charge in [-0.05, 0) is 86.4 Å². The molecule has 5 heterocycles. The molecule has 0 unspecified atom stereocenters. The second kappa shape index (κ2) is 13.8. The van der Waals surface area contributed by atoms with Crippen molar-refractivity contribution >= 4 is 47.6 Å². The second-order valence-electron chi connectivity index (χ2n) is 14.1. The maximum absolute atomic E-state index is 14.2. The zero-order valence-corrected chi connectivity index (χ0v) is 30.6. The monoisotopic (exact) mass is 678 g/mol. The zero-order chi connectivity index (χ0) is 36.0. The van der Waals surface area contributed by atoms with Gasteiger partial charge in [-0.2, -0.15) is 0 Å². The van der Waals surface area contributed by atoms with Crippen molar-refractivity contribution in [1.82, 2.24) is 20.3 Å². The number of esters is 2. The van der Waals surface area contributed by atoms with Crippen LogP contribution in [-0.4, -0.2) is 46.4 Å². The number of aromatic nitrogens is 3. The molecule has 4 N–H and O–H groups in total. The Morgan fingerprint density at radius 3 is 2.38 bits per heavy atom. The first-order valence-electron chi connectivity index (χ1n) is 17.9. The van der Waals surface area contributed by atoms with Crippen LogP contribution in [0.1, 0.15) is 114 Å². The number of allylic oxidation sites excluding steroid dienone is 2. The van der Waals surface area contributed by atoms with Crippen LogP contribution in [0.25, 0.3) is 29.9 Å². The fourth-order valence-electron chi connectivity index (χ4n) is 7.92.